The lowest BCUT2D eigenvalue weighted by atomic mass is 9.83. The van der Waals surface area contributed by atoms with Crippen molar-refractivity contribution in [3.05, 3.63) is 34.9 Å². The van der Waals surface area contributed by atoms with Crippen molar-refractivity contribution in [2.24, 2.45) is 23.5 Å². The molecule has 1 fully saturated rings. The zero-order chi connectivity index (χ0) is 41.6. The van der Waals surface area contributed by atoms with Crippen LogP contribution >= 0.6 is 0 Å². The van der Waals surface area contributed by atoms with Crippen LogP contribution in [-0.2, 0) is 26.8 Å². The van der Waals surface area contributed by atoms with E-state index in [4.69, 9.17) is 25.7 Å². The summed E-state index contributed by atoms with van der Waals surface area (Å²) in [5.41, 5.74) is 16.8. The van der Waals surface area contributed by atoms with E-state index in [9.17, 15) is 15.0 Å². The molecule has 3 aromatic rings. The van der Waals surface area contributed by atoms with Crippen LogP contribution in [-0.4, -0.2) is 83.4 Å². The molecule has 0 spiro atoms. The van der Waals surface area contributed by atoms with Gasteiger partial charge in [0.2, 0.25) is 0 Å². The summed E-state index contributed by atoms with van der Waals surface area (Å²) in [7, 11) is -0.272. The molecule has 0 amide bonds. The van der Waals surface area contributed by atoms with Gasteiger partial charge in [-0.15, -0.1) is 0 Å². The minimum atomic E-state index is -1.07. The molecule has 2 aromatic heterocycles. The molecule has 57 heavy (non-hydrogen) atoms. The smallest absolute Gasteiger partial charge is 0.320 e. The maximum Gasteiger partial charge on any atom is 0.320 e. The van der Waals surface area contributed by atoms with Gasteiger partial charge in [0.05, 0.1) is 12.6 Å². The molecule has 13 heteroatoms. The van der Waals surface area contributed by atoms with Crippen molar-refractivity contribution in [3.8, 4) is 11.5 Å². The normalized spacial score (nSPS) is 24.3. The molecule has 9 atom stereocenters. The maximum absolute atomic E-state index is 12.0. The summed E-state index contributed by atoms with van der Waals surface area (Å²) < 4.78 is 22.2. The molecule has 5 rings (SSSR count). The number of aliphatic hydroxyl groups excluding tert-OH is 1. The third-order valence-corrected chi connectivity index (χ3v) is 14.4. The number of benzene rings is 1. The lowest BCUT2D eigenvalue weighted by molar-refractivity contribution is -0.138. The molecular formula is C44H71N6O6S+. The van der Waals surface area contributed by atoms with E-state index in [1.165, 1.54) is 51.3 Å². The van der Waals surface area contributed by atoms with Gasteiger partial charge in [-0.05, 0) is 98.7 Å². The fourth-order valence-electron chi connectivity index (χ4n) is 8.67. The topological polar surface area (TPSA) is 181 Å². The first-order chi connectivity index (χ1) is 27.0. The first kappa shape index (κ1) is 45.0. The Morgan fingerprint density at radius 2 is 1.67 bits per heavy atom. The largest absolute Gasteiger partial charge is 0.487 e. The number of hydrogen-bond acceptors (Lipinski definition) is 10. The summed E-state index contributed by atoms with van der Waals surface area (Å²) in [6, 6.07) is -0.929. The highest BCUT2D eigenvalue weighted by Gasteiger charge is 2.50. The van der Waals surface area contributed by atoms with E-state index in [1.807, 2.05) is 0 Å². The van der Waals surface area contributed by atoms with Crippen LogP contribution in [0, 0.1) is 38.5 Å². The Labute approximate surface area is 343 Å². The number of aliphatic carboxylic acids is 1. The van der Waals surface area contributed by atoms with Crippen LogP contribution in [0.3, 0.4) is 0 Å². The van der Waals surface area contributed by atoms with E-state index in [2.05, 4.69) is 76.6 Å². The number of aliphatic hydroxyl groups is 1. The van der Waals surface area contributed by atoms with E-state index < -0.39 is 36.6 Å². The van der Waals surface area contributed by atoms with Crippen LogP contribution in [0.5, 0.6) is 11.5 Å². The van der Waals surface area contributed by atoms with Gasteiger partial charge in [-0.2, -0.15) is 0 Å². The van der Waals surface area contributed by atoms with Gasteiger partial charge < -0.3 is 35.9 Å². The number of aromatic nitrogens is 4. The number of hydrogen-bond donors (Lipinski definition) is 4. The van der Waals surface area contributed by atoms with Crippen molar-refractivity contribution in [1.29, 1.82) is 0 Å². The number of carbonyl (C=O) groups is 1. The number of imidazole rings is 1. The molecule has 12 nitrogen and oxygen atoms in total. The number of carboxylic acid groups (broad SMARTS) is 1. The van der Waals surface area contributed by atoms with Gasteiger partial charge in [0.1, 0.15) is 58.7 Å². The molecule has 318 valence electrons. The zero-order valence-electron chi connectivity index (χ0n) is 36.1. The van der Waals surface area contributed by atoms with Crippen LogP contribution in [0.4, 0.5) is 5.82 Å². The minimum Gasteiger partial charge on any atom is -0.487 e. The molecule has 1 saturated heterocycles. The second-order valence-electron chi connectivity index (χ2n) is 18.0. The Kier molecular flexibility index (Phi) is 15.6. The Bertz CT molecular complexity index is 1800. The predicted octanol–water partition coefficient (Wildman–Crippen LogP) is 7.61. The third kappa shape index (κ3) is 11.1. The summed E-state index contributed by atoms with van der Waals surface area (Å²) >= 11 is 0. The summed E-state index contributed by atoms with van der Waals surface area (Å²) in [5, 5.41) is 21.3. The molecule has 1 aromatic carbocycles. The standard InChI is InChI=1S/C44H70N6O6S/c1-26(2)13-10-14-27(3)15-11-16-28(4)17-12-20-44(8)21-18-32-31(7)37(29(5)30(6)38(32)56-44)55-39-34(23-57(9)22-19-33(45)43(52)53)54-42(36(39)51)50-25-49-35-40(46)47-24-48-41(35)50/h24-28,33-34,36,39,42,51H,10-23,45H2,1-9H3,(H2-,46,47,48,52,53)/p+1/t27-,28-,33+,34-,36-,39-,42-,44-,57?/m1/s1. The predicted molar refractivity (Wildman–Crippen MR) is 230 cm³/mol. The average molecular weight is 812 g/mol. The molecule has 4 heterocycles. The van der Waals surface area contributed by atoms with Crippen LogP contribution in [0.15, 0.2) is 12.7 Å². The number of nitrogens with two attached hydrogens (primary N) is 2. The van der Waals surface area contributed by atoms with E-state index in [0.717, 1.165) is 77.2 Å². The van der Waals surface area contributed by atoms with Gasteiger partial charge in [-0.1, -0.05) is 72.6 Å². The van der Waals surface area contributed by atoms with Crippen molar-refractivity contribution in [1.82, 2.24) is 19.5 Å². The van der Waals surface area contributed by atoms with Gasteiger partial charge in [0, 0.05) is 12.0 Å². The molecule has 1 unspecified atom stereocenters. The van der Waals surface area contributed by atoms with Crippen LogP contribution in [0.2, 0.25) is 0 Å². The summed E-state index contributed by atoms with van der Waals surface area (Å²) in [5.74, 6) is 4.45. The molecule has 0 radical (unpaired) electrons. The Morgan fingerprint density at radius 1 is 1.00 bits per heavy atom. The summed E-state index contributed by atoms with van der Waals surface area (Å²) in [4.78, 5) is 24.3. The SMILES string of the molecule is Cc1c(C)c2c(c(C)c1O[C@H]1[C@@H](O)[C@H](n3cnc4c(N)ncnc43)O[C@@H]1C[S+](C)CC[C@H](N)C(=O)O)CC[C@@](C)(CCC[C@H](C)CCC[C@H](C)CCCC(C)C)O2. The summed E-state index contributed by atoms with van der Waals surface area (Å²) in [6.07, 6.45) is 15.5. The zero-order valence-corrected chi connectivity index (χ0v) is 36.9. The number of carboxylic acids is 1. The second kappa shape index (κ2) is 19.7. The molecule has 6 N–H and O–H groups in total. The Hall–Kier alpha value is -3.13. The molecule has 0 aliphatic carbocycles. The Morgan fingerprint density at radius 3 is 2.33 bits per heavy atom. The van der Waals surface area contributed by atoms with Crippen LogP contribution in [0.1, 0.15) is 134 Å². The fourth-order valence-corrected chi connectivity index (χ4v) is 10.3. The number of fused-ring (bicyclic) bond motifs is 2. The number of rotatable bonds is 21. The van der Waals surface area contributed by atoms with E-state index in [1.54, 1.807) is 10.9 Å². The molecule has 0 saturated carbocycles. The monoisotopic (exact) mass is 812 g/mol. The fraction of sp³-hybridized carbons (Fsp3) is 0.727. The third-order valence-electron chi connectivity index (χ3n) is 12.6. The van der Waals surface area contributed by atoms with Gasteiger partial charge in [-0.3, -0.25) is 9.36 Å². The Balaban J connectivity index is 1.27. The first-order valence-corrected chi connectivity index (χ1v) is 23.3. The molecular weight excluding hydrogens is 741 g/mol. The summed E-state index contributed by atoms with van der Waals surface area (Å²) in [6.45, 7) is 18.0. The number of nitrogens with zero attached hydrogens (tertiary/aromatic N) is 4. The minimum absolute atomic E-state index is 0.224. The van der Waals surface area contributed by atoms with Gasteiger partial charge in [-0.25, -0.2) is 15.0 Å². The van der Waals surface area contributed by atoms with Gasteiger partial charge >= 0.3 is 5.97 Å². The van der Waals surface area contributed by atoms with E-state index in [0.29, 0.717) is 29.1 Å². The lowest BCUT2D eigenvalue weighted by Crippen LogP contribution is -2.41. The highest BCUT2D eigenvalue weighted by Crippen LogP contribution is 2.46. The van der Waals surface area contributed by atoms with Gasteiger partial charge in [0.25, 0.3) is 0 Å². The van der Waals surface area contributed by atoms with Crippen molar-refractivity contribution in [2.45, 2.75) is 169 Å². The molecule has 2 aliphatic heterocycles. The van der Waals surface area contributed by atoms with Crippen molar-refractivity contribution >= 4 is 33.8 Å². The van der Waals surface area contributed by atoms with E-state index in [-0.39, 0.29) is 22.3 Å². The molecule has 2 aliphatic rings. The highest BCUT2D eigenvalue weighted by molar-refractivity contribution is 7.96. The highest BCUT2D eigenvalue weighted by atomic mass is 32.2. The van der Waals surface area contributed by atoms with Crippen molar-refractivity contribution < 1.29 is 29.2 Å². The van der Waals surface area contributed by atoms with Crippen LogP contribution in [0.25, 0.3) is 11.2 Å². The maximum atomic E-state index is 12.0. The quantitative estimate of drug-likeness (QED) is 0.0778. The first-order valence-electron chi connectivity index (χ1n) is 21.3. The second-order valence-corrected chi connectivity index (χ2v) is 20.3. The average Bonchev–Trinajstić information content (AvgIpc) is 3.71. The van der Waals surface area contributed by atoms with Crippen molar-refractivity contribution in [3.63, 3.8) is 0 Å². The number of nitrogen functional groups attached to an aromatic ring is 1. The van der Waals surface area contributed by atoms with E-state index >= 15 is 0 Å². The van der Waals surface area contributed by atoms with Crippen LogP contribution < -0.4 is 20.9 Å². The number of ether oxygens (including phenoxy) is 3. The lowest BCUT2D eigenvalue weighted by Gasteiger charge is -2.39. The van der Waals surface area contributed by atoms with Crippen molar-refractivity contribution in [2.75, 3.05) is 23.5 Å². The number of anilines is 1. The molecule has 0 bridgehead atoms. The van der Waals surface area contributed by atoms with Gasteiger partial charge in [0.15, 0.2) is 23.8 Å².